The second kappa shape index (κ2) is 24.5. The largest absolute Gasteiger partial charge is 0.481 e. The molecule has 4 aromatic rings. The highest BCUT2D eigenvalue weighted by atomic mass is 32.2. The van der Waals surface area contributed by atoms with E-state index in [4.69, 9.17) is 10.8 Å². The predicted octanol–water partition coefficient (Wildman–Crippen LogP) is 6.02. The van der Waals surface area contributed by atoms with Gasteiger partial charge < -0.3 is 26.0 Å². The lowest BCUT2D eigenvalue weighted by molar-refractivity contribution is -0.137. The second-order valence-electron chi connectivity index (χ2n) is 19.6. The molecule has 1 aliphatic carbocycles. The third kappa shape index (κ3) is 13.8. The van der Waals surface area contributed by atoms with E-state index in [1.807, 2.05) is 32.9 Å². The molecule has 17 nitrogen and oxygen atoms in total. The minimum absolute atomic E-state index is 0.0123. The number of hydrogen-bond donors (Lipinski definition) is 3. The summed E-state index contributed by atoms with van der Waals surface area (Å²) in [5.74, 6) is -1.23. The average molecular weight is 1010 g/mol. The first kappa shape index (κ1) is 56.1. The quantitative estimate of drug-likeness (QED) is 0.111. The molecule has 4 N–H and O–H groups in total. The van der Waals surface area contributed by atoms with Crippen LogP contribution < -0.4 is 11.1 Å². The lowest BCUT2D eigenvalue weighted by Crippen LogP contribution is -2.38. The molecule has 0 bridgehead atoms. The monoisotopic (exact) mass is 1010 g/mol. The summed E-state index contributed by atoms with van der Waals surface area (Å²) in [5.41, 5.74) is 10.8. The first-order chi connectivity index (χ1) is 33.0. The first-order valence-corrected chi connectivity index (χ1v) is 28.7. The maximum atomic E-state index is 13.2. The fourth-order valence-corrected chi connectivity index (χ4v) is 12.5. The molecule has 19 heteroatoms. The highest BCUT2D eigenvalue weighted by Gasteiger charge is 2.33. The summed E-state index contributed by atoms with van der Waals surface area (Å²) in [6.45, 7) is 14.7. The van der Waals surface area contributed by atoms with Crippen molar-refractivity contribution in [2.24, 2.45) is 5.73 Å². The molecule has 4 heterocycles. The van der Waals surface area contributed by atoms with E-state index in [0.717, 1.165) is 65.8 Å². The van der Waals surface area contributed by atoms with E-state index in [-0.39, 0.29) is 30.2 Å². The van der Waals surface area contributed by atoms with Gasteiger partial charge in [-0.05, 0) is 107 Å². The van der Waals surface area contributed by atoms with Crippen molar-refractivity contribution in [3.63, 3.8) is 0 Å². The molecule has 3 aliphatic rings. The summed E-state index contributed by atoms with van der Waals surface area (Å²) in [4.78, 5) is 56.8. The van der Waals surface area contributed by atoms with Crippen molar-refractivity contribution in [1.82, 2.24) is 32.9 Å². The molecule has 1 fully saturated rings. The molecule has 0 radical (unpaired) electrons. The average Bonchev–Trinajstić information content (AvgIpc) is 4.03. The van der Waals surface area contributed by atoms with E-state index in [1.165, 1.54) is 51.0 Å². The van der Waals surface area contributed by atoms with Crippen LogP contribution in [0.4, 0.5) is 0 Å². The Balaban J connectivity index is 0.000000248. The number of benzene rings is 2. The molecule has 3 amide bonds. The van der Waals surface area contributed by atoms with Crippen molar-refractivity contribution in [3.05, 3.63) is 70.0 Å². The van der Waals surface area contributed by atoms with Gasteiger partial charge in [0.2, 0.25) is 26.0 Å². The van der Waals surface area contributed by atoms with E-state index in [1.54, 1.807) is 43.3 Å². The molecule has 1 atom stereocenters. The Morgan fingerprint density at radius 1 is 0.757 bits per heavy atom. The molecular formula is C51H78N8O9S2. The van der Waals surface area contributed by atoms with E-state index in [9.17, 15) is 36.0 Å². The number of carboxylic acid groups (broad SMARTS) is 1. The zero-order valence-electron chi connectivity index (χ0n) is 42.9. The van der Waals surface area contributed by atoms with Gasteiger partial charge in [0.1, 0.15) is 0 Å². The van der Waals surface area contributed by atoms with E-state index in [2.05, 4.69) is 29.0 Å². The second-order valence-corrected chi connectivity index (χ2v) is 23.2. The highest BCUT2D eigenvalue weighted by Crippen LogP contribution is 2.37. The molecule has 2 aromatic carbocycles. The van der Waals surface area contributed by atoms with Gasteiger partial charge in [-0.15, -0.1) is 0 Å². The maximum absolute atomic E-state index is 13.2. The molecule has 388 valence electrons. The minimum atomic E-state index is -3.49. The Bertz CT molecular complexity index is 2720. The number of carbonyl (C=O) groups is 4. The first-order valence-electron chi connectivity index (χ1n) is 25.0. The molecule has 70 heavy (non-hydrogen) atoms. The molecule has 0 saturated heterocycles. The Labute approximate surface area is 415 Å². The van der Waals surface area contributed by atoms with Crippen LogP contribution in [0.5, 0.6) is 0 Å². The van der Waals surface area contributed by atoms with Gasteiger partial charge in [0.05, 0.1) is 23.5 Å². The van der Waals surface area contributed by atoms with Crippen molar-refractivity contribution >= 4 is 65.5 Å². The molecular weight excluding hydrogens is 933 g/mol. The molecule has 1 unspecified atom stereocenters. The molecule has 7 rings (SSSR count). The van der Waals surface area contributed by atoms with E-state index < -0.39 is 26.0 Å². The Hall–Kier alpha value is -4.82. The number of rotatable bonds is 17. The fraction of sp³-hybridized carbons (Fsp3) is 0.608. The van der Waals surface area contributed by atoms with Crippen LogP contribution in [0, 0.1) is 0 Å². The number of carbonyl (C=O) groups excluding carboxylic acids is 3. The van der Waals surface area contributed by atoms with Crippen LogP contribution in [0.3, 0.4) is 0 Å². The summed E-state index contributed by atoms with van der Waals surface area (Å²) in [5, 5.41) is 13.3. The molecule has 2 aliphatic heterocycles. The number of aliphatic carboxylic acids is 1. The van der Waals surface area contributed by atoms with Gasteiger partial charge in [0.15, 0.2) is 0 Å². The third-order valence-corrected chi connectivity index (χ3v) is 15.7. The van der Waals surface area contributed by atoms with Crippen molar-refractivity contribution in [1.29, 1.82) is 0 Å². The lowest BCUT2D eigenvalue weighted by atomic mass is 10.0. The van der Waals surface area contributed by atoms with Crippen molar-refractivity contribution < 1.29 is 41.1 Å². The standard InChI is InChI=1S/C26H40N4O4S.C23H31N3O5S.C2H7N/c1-7-9-19(4)29-15-13-24-22(17-29)21-16-20(11-12-23(21)30(24)35(6,33)34)26(32)28(5)14-8-10-25(31)27-18(2)3;1-24(12-5-8-22(27)28)23(29)16-9-10-20-18(14-16)19-15-25(17-6-3-4-7-17)13-11-21(19)26(20)32(2,30)31;1-2-3/h11-12,16,18-19H,7-10,13-15,17H2,1-6H3,(H,27,31);9-10,14,17H,3-8,11-13,15H2,1-2H3,(H,27,28);2-3H2,1H3. The van der Waals surface area contributed by atoms with Crippen molar-refractivity contribution in [3.8, 4) is 0 Å². The maximum Gasteiger partial charge on any atom is 0.303 e. The zero-order valence-corrected chi connectivity index (χ0v) is 44.6. The van der Waals surface area contributed by atoms with Crippen LogP contribution in [0.1, 0.15) is 142 Å². The topological polar surface area (TPSA) is 218 Å². The number of aromatic nitrogens is 2. The number of amides is 3. The van der Waals surface area contributed by atoms with Crippen LogP contribution in [0.15, 0.2) is 36.4 Å². The summed E-state index contributed by atoms with van der Waals surface area (Å²) < 4.78 is 53.6. The minimum Gasteiger partial charge on any atom is -0.481 e. The highest BCUT2D eigenvalue weighted by molar-refractivity contribution is 7.89. The number of fused-ring (bicyclic) bond motifs is 6. The van der Waals surface area contributed by atoms with Gasteiger partial charge in [0.25, 0.3) is 11.8 Å². The Kier molecular flexibility index (Phi) is 19.7. The summed E-state index contributed by atoms with van der Waals surface area (Å²) in [6, 6.07) is 11.6. The lowest BCUT2D eigenvalue weighted by Gasteiger charge is -2.33. The normalized spacial score (nSPS) is 15.9. The van der Waals surface area contributed by atoms with Crippen LogP contribution in [0.25, 0.3) is 21.8 Å². The van der Waals surface area contributed by atoms with Crippen LogP contribution in [0.2, 0.25) is 0 Å². The third-order valence-electron chi connectivity index (χ3n) is 13.5. The number of nitrogens with two attached hydrogens (primary N) is 1. The predicted molar refractivity (Wildman–Crippen MR) is 277 cm³/mol. The van der Waals surface area contributed by atoms with Gasteiger partial charge in [-0.3, -0.25) is 29.0 Å². The van der Waals surface area contributed by atoms with Crippen LogP contribution >= 0.6 is 0 Å². The van der Waals surface area contributed by atoms with Gasteiger partial charge in [0, 0.05) is 130 Å². The Morgan fingerprint density at radius 3 is 1.69 bits per heavy atom. The van der Waals surface area contributed by atoms with E-state index in [0.29, 0.717) is 92.5 Å². The number of nitrogens with zero attached hydrogens (tertiary/aromatic N) is 6. The van der Waals surface area contributed by atoms with Gasteiger partial charge in [-0.1, -0.05) is 33.1 Å². The smallest absolute Gasteiger partial charge is 0.303 e. The SMILES string of the molecule is CCCC(C)N1CCc2c(c3cc(C(=O)N(C)CCCC(=O)NC(C)C)ccc3n2S(C)(=O)=O)C1.CCN.CN(CCCC(=O)O)C(=O)c1ccc2c(c1)c1c(n2S(C)(=O)=O)CCN(C2CCCC2)C1. The van der Waals surface area contributed by atoms with Gasteiger partial charge >= 0.3 is 5.97 Å². The van der Waals surface area contributed by atoms with Gasteiger partial charge in [-0.2, -0.15) is 0 Å². The summed E-state index contributed by atoms with van der Waals surface area (Å²) in [7, 11) is -3.58. The number of hydrogen-bond acceptors (Lipinski definition) is 11. The molecule has 2 aromatic heterocycles. The number of nitrogens with one attached hydrogen (secondary N) is 1. The van der Waals surface area contributed by atoms with Crippen LogP contribution in [-0.4, -0.2) is 151 Å². The van der Waals surface area contributed by atoms with Crippen molar-refractivity contribution in [2.75, 3.05) is 59.3 Å². The summed E-state index contributed by atoms with van der Waals surface area (Å²) in [6.07, 6.45) is 12.2. The molecule has 0 spiro atoms. The van der Waals surface area contributed by atoms with E-state index >= 15 is 0 Å². The molecule has 1 saturated carbocycles. The van der Waals surface area contributed by atoms with Crippen LogP contribution in [-0.2, 0) is 55.6 Å². The Morgan fingerprint density at radius 2 is 1.23 bits per heavy atom. The number of carboxylic acids is 1. The summed E-state index contributed by atoms with van der Waals surface area (Å²) >= 11 is 0. The zero-order chi connectivity index (χ0) is 51.7. The van der Waals surface area contributed by atoms with Gasteiger partial charge in [-0.25, -0.2) is 24.8 Å². The van der Waals surface area contributed by atoms with Crippen molar-refractivity contribution in [2.45, 2.75) is 143 Å². The fourth-order valence-electron chi connectivity index (χ4n) is 10.2.